The molecule has 0 heterocycles. The lowest BCUT2D eigenvalue weighted by molar-refractivity contribution is -0.119. The van der Waals surface area contributed by atoms with E-state index in [4.69, 9.17) is 11.6 Å². The van der Waals surface area contributed by atoms with Crippen molar-refractivity contribution in [1.82, 2.24) is 10.3 Å². The van der Waals surface area contributed by atoms with Crippen LogP contribution in [-0.2, 0) is 11.3 Å². The van der Waals surface area contributed by atoms with E-state index in [1.165, 1.54) is 12.8 Å². The zero-order valence-electron chi connectivity index (χ0n) is 12.0. The number of primary amides is 1. The summed E-state index contributed by atoms with van der Waals surface area (Å²) in [6.07, 6.45) is 4.57. The number of nitrogens with two attached hydrogens (primary N) is 2. The topological polar surface area (TPSA) is 101 Å². The Bertz CT molecular complexity index is 512. The highest BCUT2D eigenvalue weighted by Gasteiger charge is 2.24. The molecule has 1 saturated carbocycles. The lowest BCUT2D eigenvalue weighted by atomic mass is 10.1. The lowest BCUT2D eigenvalue weighted by Crippen LogP contribution is -2.39. The largest absolute Gasteiger partial charge is 0.369 e. The third-order valence-electron chi connectivity index (χ3n) is 3.91. The molecule has 1 aliphatic carbocycles. The number of hydrogen-bond acceptors (Lipinski definition) is 4. The van der Waals surface area contributed by atoms with Gasteiger partial charge < -0.3 is 5.73 Å². The average Bonchev–Trinajstić information content (AvgIpc) is 3.00. The van der Waals surface area contributed by atoms with Crippen LogP contribution in [0.15, 0.2) is 24.3 Å². The van der Waals surface area contributed by atoms with Crippen LogP contribution in [0, 0.1) is 0 Å². The molecular weight excluding hydrogens is 268 g/mol. The summed E-state index contributed by atoms with van der Waals surface area (Å²) in [5.41, 5.74) is 8.97. The zero-order chi connectivity index (χ0) is 15.2. The zero-order valence-corrected chi connectivity index (χ0v) is 12.0. The number of nitrogens with one attached hydrogen (secondary N) is 1. The van der Waals surface area contributed by atoms with E-state index in [0.717, 1.165) is 18.4 Å². The van der Waals surface area contributed by atoms with Gasteiger partial charge in [-0.15, -0.1) is 0 Å². The van der Waals surface area contributed by atoms with Crippen molar-refractivity contribution in [2.75, 3.05) is 6.54 Å². The van der Waals surface area contributed by atoms with Crippen LogP contribution in [0.25, 0.3) is 0 Å². The van der Waals surface area contributed by atoms with Gasteiger partial charge in [0.25, 0.3) is 5.91 Å². The molecule has 1 aliphatic rings. The fourth-order valence-electron chi connectivity index (χ4n) is 2.91. The molecule has 6 heteroatoms. The van der Waals surface area contributed by atoms with Gasteiger partial charge in [0.1, 0.15) is 0 Å². The predicted molar refractivity (Wildman–Crippen MR) is 80.0 cm³/mol. The summed E-state index contributed by atoms with van der Waals surface area (Å²) in [5.74, 6) is 4.51. The van der Waals surface area contributed by atoms with Crippen molar-refractivity contribution in [3.05, 3.63) is 35.4 Å². The molecular formula is C15H22N4O2. The molecule has 0 atom stereocenters. The van der Waals surface area contributed by atoms with Crippen molar-refractivity contribution in [1.29, 1.82) is 0 Å². The van der Waals surface area contributed by atoms with Crippen LogP contribution in [-0.4, -0.2) is 29.3 Å². The Hall–Kier alpha value is -1.92. The number of carbonyl (C=O) groups is 2. The Morgan fingerprint density at radius 1 is 1.29 bits per heavy atom. The molecule has 2 rings (SSSR count). The normalized spacial score (nSPS) is 15.3. The standard InChI is InChI=1S/C15H22N4O2/c16-14(20)10-19(13-6-1-2-7-13)9-11-4-3-5-12(8-11)15(21)18-17/h3-5,8,13H,1-2,6-7,9-10,17H2,(H2,16,20)(H,18,21). The molecule has 6 nitrogen and oxygen atoms in total. The highest BCUT2D eigenvalue weighted by molar-refractivity contribution is 5.93. The van der Waals surface area contributed by atoms with Crippen molar-refractivity contribution in [3.63, 3.8) is 0 Å². The van der Waals surface area contributed by atoms with Gasteiger partial charge in [0.15, 0.2) is 0 Å². The van der Waals surface area contributed by atoms with Gasteiger partial charge in [0.05, 0.1) is 6.54 Å². The van der Waals surface area contributed by atoms with E-state index in [0.29, 0.717) is 18.2 Å². The highest BCUT2D eigenvalue weighted by atomic mass is 16.2. The summed E-state index contributed by atoms with van der Waals surface area (Å²) in [6.45, 7) is 0.858. The molecule has 1 aromatic rings. The SMILES string of the molecule is NNC(=O)c1cccc(CN(CC(N)=O)C2CCCC2)c1. The number of carbonyl (C=O) groups excluding carboxylic acids is 2. The molecule has 0 spiro atoms. The van der Waals surface area contributed by atoms with E-state index in [1.807, 2.05) is 12.1 Å². The second-order valence-electron chi connectivity index (χ2n) is 5.48. The maximum atomic E-state index is 11.6. The first-order chi connectivity index (χ1) is 10.1. The molecule has 0 aliphatic heterocycles. The van der Waals surface area contributed by atoms with Crippen LogP contribution >= 0.6 is 0 Å². The Morgan fingerprint density at radius 2 is 2.00 bits per heavy atom. The van der Waals surface area contributed by atoms with Crippen LogP contribution in [0.3, 0.4) is 0 Å². The van der Waals surface area contributed by atoms with Crippen molar-refractivity contribution < 1.29 is 9.59 Å². The molecule has 1 fully saturated rings. The van der Waals surface area contributed by atoms with E-state index in [-0.39, 0.29) is 18.4 Å². The summed E-state index contributed by atoms with van der Waals surface area (Å²) in [7, 11) is 0. The number of hydrazine groups is 1. The molecule has 2 amide bonds. The van der Waals surface area contributed by atoms with Gasteiger partial charge in [-0.2, -0.15) is 0 Å². The minimum Gasteiger partial charge on any atom is -0.369 e. The lowest BCUT2D eigenvalue weighted by Gasteiger charge is -2.27. The number of benzene rings is 1. The van der Waals surface area contributed by atoms with Gasteiger partial charge in [-0.05, 0) is 30.5 Å². The fraction of sp³-hybridized carbons (Fsp3) is 0.467. The van der Waals surface area contributed by atoms with E-state index < -0.39 is 0 Å². The monoisotopic (exact) mass is 290 g/mol. The minimum atomic E-state index is -0.322. The molecule has 0 bridgehead atoms. The highest BCUT2D eigenvalue weighted by Crippen LogP contribution is 2.24. The van der Waals surface area contributed by atoms with Gasteiger partial charge in [0, 0.05) is 18.2 Å². The molecule has 0 unspecified atom stereocenters. The van der Waals surface area contributed by atoms with Crippen LogP contribution < -0.4 is 17.0 Å². The second kappa shape index (κ2) is 7.19. The fourth-order valence-corrected chi connectivity index (χ4v) is 2.91. The third-order valence-corrected chi connectivity index (χ3v) is 3.91. The molecule has 0 aromatic heterocycles. The van der Waals surface area contributed by atoms with Gasteiger partial charge in [-0.3, -0.25) is 19.9 Å². The molecule has 0 radical (unpaired) electrons. The predicted octanol–water partition coefficient (Wildman–Crippen LogP) is 0.520. The number of nitrogen functional groups attached to an aromatic ring is 1. The van der Waals surface area contributed by atoms with Crippen LogP contribution in [0.5, 0.6) is 0 Å². The first-order valence-corrected chi connectivity index (χ1v) is 7.22. The third kappa shape index (κ3) is 4.27. The Kier molecular flexibility index (Phi) is 5.30. The molecule has 5 N–H and O–H groups in total. The van der Waals surface area contributed by atoms with Crippen molar-refractivity contribution in [3.8, 4) is 0 Å². The van der Waals surface area contributed by atoms with Gasteiger partial charge in [-0.25, -0.2) is 5.84 Å². The average molecular weight is 290 g/mol. The van der Waals surface area contributed by atoms with E-state index in [1.54, 1.807) is 12.1 Å². The van der Waals surface area contributed by atoms with E-state index in [2.05, 4.69) is 10.3 Å². The number of amides is 2. The van der Waals surface area contributed by atoms with Gasteiger partial charge in [0.2, 0.25) is 5.91 Å². The van der Waals surface area contributed by atoms with E-state index in [9.17, 15) is 9.59 Å². The molecule has 1 aromatic carbocycles. The first-order valence-electron chi connectivity index (χ1n) is 7.22. The summed E-state index contributed by atoms with van der Waals surface area (Å²) >= 11 is 0. The van der Waals surface area contributed by atoms with Gasteiger partial charge in [-0.1, -0.05) is 25.0 Å². The summed E-state index contributed by atoms with van der Waals surface area (Å²) in [4.78, 5) is 24.9. The van der Waals surface area contributed by atoms with E-state index >= 15 is 0 Å². The smallest absolute Gasteiger partial charge is 0.265 e. The summed E-state index contributed by atoms with van der Waals surface area (Å²) in [6, 6.07) is 7.66. The number of rotatable bonds is 6. The maximum absolute atomic E-state index is 11.6. The van der Waals surface area contributed by atoms with Crippen molar-refractivity contribution in [2.45, 2.75) is 38.3 Å². The Labute approximate surface area is 124 Å². The second-order valence-corrected chi connectivity index (χ2v) is 5.48. The minimum absolute atomic E-state index is 0.248. The Balaban J connectivity index is 2.11. The molecule has 114 valence electrons. The van der Waals surface area contributed by atoms with Gasteiger partial charge >= 0.3 is 0 Å². The van der Waals surface area contributed by atoms with Crippen LogP contribution in [0.1, 0.15) is 41.6 Å². The van der Waals surface area contributed by atoms with Crippen LogP contribution in [0.2, 0.25) is 0 Å². The summed E-state index contributed by atoms with van der Waals surface area (Å²) in [5, 5.41) is 0. The molecule has 21 heavy (non-hydrogen) atoms. The van der Waals surface area contributed by atoms with Crippen molar-refractivity contribution in [2.24, 2.45) is 11.6 Å². The maximum Gasteiger partial charge on any atom is 0.265 e. The quantitative estimate of drug-likeness (QED) is 0.404. The first kappa shape index (κ1) is 15.5. The summed E-state index contributed by atoms with van der Waals surface area (Å²) < 4.78 is 0. The molecule has 0 saturated heterocycles. The van der Waals surface area contributed by atoms with Crippen LogP contribution in [0.4, 0.5) is 0 Å². The van der Waals surface area contributed by atoms with Crippen molar-refractivity contribution >= 4 is 11.8 Å². The number of hydrogen-bond donors (Lipinski definition) is 3. The number of nitrogens with zero attached hydrogens (tertiary/aromatic N) is 1. The Morgan fingerprint density at radius 3 is 2.62 bits per heavy atom.